The maximum absolute atomic E-state index is 14.8. The molecule has 28 heavy (non-hydrogen) atoms. The van der Waals surface area contributed by atoms with Crippen molar-refractivity contribution in [2.75, 3.05) is 13.2 Å². The average molecular weight is 401 g/mol. The van der Waals surface area contributed by atoms with E-state index in [1.807, 2.05) is 25.1 Å². The summed E-state index contributed by atoms with van der Waals surface area (Å²) in [6, 6.07) is 15.6. The van der Waals surface area contributed by atoms with Gasteiger partial charge in [-0.15, -0.1) is 0 Å². The lowest BCUT2D eigenvalue weighted by Crippen LogP contribution is -2.49. The van der Waals surface area contributed by atoms with Gasteiger partial charge in [0.05, 0.1) is 12.7 Å². The lowest BCUT2D eigenvalue weighted by atomic mass is 9.64. The third kappa shape index (κ3) is 4.37. The van der Waals surface area contributed by atoms with Gasteiger partial charge >= 0.3 is 0 Å². The van der Waals surface area contributed by atoms with Gasteiger partial charge in [-0.2, -0.15) is 0 Å². The van der Waals surface area contributed by atoms with Crippen molar-refractivity contribution in [2.24, 2.45) is 5.92 Å². The van der Waals surface area contributed by atoms with Crippen LogP contribution in [0.15, 0.2) is 54.6 Å². The highest BCUT2D eigenvalue weighted by molar-refractivity contribution is 7.80. The van der Waals surface area contributed by atoms with E-state index in [4.69, 9.17) is 17.0 Å². The predicted octanol–water partition coefficient (Wildman–Crippen LogP) is 4.51. The van der Waals surface area contributed by atoms with Crippen molar-refractivity contribution in [3.05, 3.63) is 71.5 Å². The summed E-state index contributed by atoms with van der Waals surface area (Å²) in [7, 11) is 0. The van der Waals surface area contributed by atoms with Crippen LogP contribution in [0, 0.1) is 11.7 Å². The van der Waals surface area contributed by atoms with E-state index in [0.29, 0.717) is 28.8 Å². The Morgan fingerprint density at radius 3 is 2.57 bits per heavy atom. The van der Waals surface area contributed by atoms with E-state index in [1.54, 1.807) is 30.3 Å². The summed E-state index contributed by atoms with van der Waals surface area (Å²) >= 11 is 5.58. The van der Waals surface area contributed by atoms with E-state index in [1.165, 1.54) is 6.07 Å². The molecule has 0 bridgehead atoms. The Balaban J connectivity index is 1.88. The molecule has 1 aliphatic rings. The predicted molar refractivity (Wildman–Crippen MR) is 111 cm³/mol. The van der Waals surface area contributed by atoms with Crippen LogP contribution in [0.4, 0.5) is 4.39 Å². The fraction of sp³-hybridized carbons (Fsp3) is 0.391. The Labute approximate surface area is 170 Å². The summed E-state index contributed by atoms with van der Waals surface area (Å²) < 4.78 is 20.7. The molecule has 0 spiro atoms. The van der Waals surface area contributed by atoms with E-state index < -0.39 is 5.41 Å². The molecule has 0 aliphatic carbocycles. The minimum Gasteiger partial charge on any atom is -0.396 e. The van der Waals surface area contributed by atoms with Crippen LogP contribution in [-0.2, 0) is 10.2 Å². The minimum absolute atomic E-state index is 0.0171. The molecule has 1 heterocycles. The molecule has 5 heteroatoms. The third-order valence-electron chi connectivity index (χ3n) is 5.62. The third-order valence-corrected chi connectivity index (χ3v) is 5.91. The number of halogens is 1. The summed E-state index contributed by atoms with van der Waals surface area (Å²) in [4.78, 5) is 13.1. The van der Waals surface area contributed by atoms with E-state index in [2.05, 4.69) is 0 Å². The van der Waals surface area contributed by atoms with Gasteiger partial charge < -0.3 is 9.84 Å². The zero-order valence-electron chi connectivity index (χ0n) is 15.9. The molecular weight excluding hydrogens is 375 g/mol. The van der Waals surface area contributed by atoms with Crippen molar-refractivity contribution in [3.63, 3.8) is 0 Å². The van der Waals surface area contributed by atoms with Crippen LogP contribution in [0.2, 0.25) is 0 Å². The quantitative estimate of drug-likeness (QED) is 0.549. The molecule has 2 aromatic carbocycles. The molecule has 0 unspecified atom stereocenters. The van der Waals surface area contributed by atoms with Crippen molar-refractivity contribution in [1.29, 1.82) is 0 Å². The minimum atomic E-state index is -0.777. The van der Waals surface area contributed by atoms with Crippen LogP contribution in [0.25, 0.3) is 0 Å². The van der Waals surface area contributed by atoms with E-state index >= 15 is 0 Å². The van der Waals surface area contributed by atoms with Crippen molar-refractivity contribution < 1.29 is 19.0 Å². The smallest absolute Gasteiger partial charge is 0.167 e. The normalized spacial score (nSPS) is 24.7. The Morgan fingerprint density at radius 1 is 1.21 bits per heavy atom. The van der Waals surface area contributed by atoms with Crippen molar-refractivity contribution in [2.45, 2.75) is 37.7 Å². The second kappa shape index (κ2) is 9.03. The standard InChI is InChI=1S/C23H25FO3S/c1-16-11-18(14-25)23(15-27-16,20-9-5-6-10-21(20)24)13-19(28)12-22(26)17-7-3-2-4-8-17/h2-10,16,18,25H,11-15H2,1H3/t16-,18-,23+/m0/s1. The molecule has 148 valence electrons. The number of benzene rings is 2. The highest BCUT2D eigenvalue weighted by Gasteiger charge is 2.46. The van der Waals surface area contributed by atoms with Gasteiger partial charge in [-0.25, -0.2) is 4.39 Å². The number of Topliss-reactive ketones (excluding diaryl/α,β-unsaturated/α-hetero) is 1. The van der Waals surface area contributed by atoms with Gasteiger partial charge in [-0.3, -0.25) is 4.79 Å². The first-order chi connectivity index (χ1) is 13.5. The number of ether oxygens (including phenoxy) is 1. The second-order valence-electron chi connectivity index (χ2n) is 7.55. The Bertz CT molecular complexity index is 839. The van der Waals surface area contributed by atoms with Gasteiger partial charge in [-0.05, 0) is 37.3 Å². The number of aliphatic hydroxyl groups excluding tert-OH is 1. The molecule has 1 N–H and O–H groups in total. The molecule has 1 saturated heterocycles. The number of ketones is 1. The van der Waals surface area contributed by atoms with E-state index in [-0.39, 0.29) is 43.3 Å². The zero-order valence-corrected chi connectivity index (χ0v) is 16.8. The summed E-state index contributed by atoms with van der Waals surface area (Å²) in [5.41, 5.74) is 0.327. The lowest BCUT2D eigenvalue weighted by Gasteiger charge is -2.46. The molecule has 0 aromatic heterocycles. The molecule has 0 amide bonds. The fourth-order valence-corrected chi connectivity index (χ4v) is 4.51. The Morgan fingerprint density at radius 2 is 1.89 bits per heavy atom. The number of carbonyl (C=O) groups excluding carboxylic acids is 1. The van der Waals surface area contributed by atoms with Crippen molar-refractivity contribution in [3.8, 4) is 0 Å². The van der Waals surface area contributed by atoms with E-state index in [9.17, 15) is 14.3 Å². The number of carbonyl (C=O) groups is 1. The van der Waals surface area contributed by atoms with Gasteiger partial charge in [0.1, 0.15) is 5.82 Å². The second-order valence-corrected chi connectivity index (χ2v) is 8.13. The molecule has 3 atom stereocenters. The van der Waals surface area contributed by atoms with Gasteiger partial charge in [0, 0.05) is 28.9 Å². The molecule has 3 rings (SSSR count). The monoisotopic (exact) mass is 400 g/mol. The van der Waals surface area contributed by atoms with Gasteiger partial charge in [-0.1, -0.05) is 60.7 Å². The number of hydrogen-bond acceptors (Lipinski definition) is 4. The first kappa shape index (κ1) is 20.8. The Kier molecular flexibility index (Phi) is 6.70. The fourth-order valence-electron chi connectivity index (χ4n) is 4.13. The zero-order chi connectivity index (χ0) is 20.1. The van der Waals surface area contributed by atoms with Crippen LogP contribution in [0.3, 0.4) is 0 Å². The first-order valence-corrected chi connectivity index (χ1v) is 9.94. The number of thiocarbonyl (C=S) groups is 1. The molecule has 0 saturated carbocycles. The van der Waals surface area contributed by atoms with E-state index in [0.717, 1.165) is 0 Å². The summed E-state index contributed by atoms with van der Waals surface area (Å²) in [6.45, 7) is 2.13. The highest BCUT2D eigenvalue weighted by Crippen LogP contribution is 2.44. The largest absolute Gasteiger partial charge is 0.396 e. The van der Waals surface area contributed by atoms with Gasteiger partial charge in [0.25, 0.3) is 0 Å². The summed E-state index contributed by atoms with van der Waals surface area (Å²) in [5, 5.41) is 10.1. The van der Waals surface area contributed by atoms with Crippen molar-refractivity contribution >= 4 is 22.9 Å². The number of rotatable bonds is 7. The maximum Gasteiger partial charge on any atom is 0.167 e. The molecule has 3 nitrogen and oxygen atoms in total. The van der Waals surface area contributed by atoms with Gasteiger partial charge in [0.2, 0.25) is 0 Å². The number of hydrogen-bond donors (Lipinski definition) is 1. The molecule has 1 aliphatic heterocycles. The van der Waals surface area contributed by atoms with Crippen LogP contribution >= 0.6 is 12.2 Å². The molecule has 0 radical (unpaired) electrons. The van der Waals surface area contributed by atoms with Gasteiger partial charge in [0.15, 0.2) is 5.78 Å². The highest BCUT2D eigenvalue weighted by atomic mass is 32.1. The maximum atomic E-state index is 14.8. The lowest BCUT2D eigenvalue weighted by molar-refractivity contribution is -0.0675. The summed E-state index contributed by atoms with van der Waals surface area (Å²) in [5.74, 6) is -0.589. The van der Waals surface area contributed by atoms with Crippen LogP contribution in [-0.4, -0.2) is 35.1 Å². The Hall–Kier alpha value is -1.95. The van der Waals surface area contributed by atoms with Crippen LogP contribution in [0.5, 0.6) is 0 Å². The van der Waals surface area contributed by atoms with Crippen LogP contribution < -0.4 is 0 Å². The summed E-state index contributed by atoms with van der Waals surface area (Å²) in [6.07, 6.45) is 1.03. The molecule has 1 fully saturated rings. The first-order valence-electron chi connectivity index (χ1n) is 9.53. The average Bonchev–Trinajstić information content (AvgIpc) is 2.70. The molecule has 2 aromatic rings. The SMILES string of the molecule is C[C@H]1C[C@@H](CO)[C@](CC(=S)CC(=O)c2ccccc2)(c2ccccc2F)CO1. The van der Waals surface area contributed by atoms with Crippen molar-refractivity contribution in [1.82, 2.24) is 0 Å². The van der Waals surface area contributed by atoms with Crippen LogP contribution in [0.1, 0.15) is 42.1 Å². The topological polar surface area (TPSA) is 46.5 Å². The number of aliphatic hydroxyl groups is 1. The molecular formula is C23H25FO3S.